The third-order valence-corrected chi connectivity index (χ3v) is 2.69. The fraction of sp³-hybridized carbons (Fsp3) is 0.300. The Balaban J connectivity index is 2.76. The van der Waals surface area contributed by atoms with Gasteiger partial charge in [0, 0.05) is 16.6 Å². The van der Waals surface area contributed by atoms with Crippen LogP contribution in [0.5, 0.6) is 0 Å². The summed E-state index contributed by atoms with van der Waals surface area (Å²) in [6.07, 6.45) is 0. The summed E-state index contributed by atoms with van der Waals surface area (Å²) >= 11 is 3.34. The third kappa shape index (κ3) is 2.80. The highest BCUT2D eigenvalue weighted by Crippen LogP contribution is 2.16. The smallest absolute Gasteiger partial charge is 0.251 e. The summed E-state index contributed by atoms with van der Waals surface area (Å²) in [6, 6.07) is 5.27. The topological polar surface area (TPSA) is 29.1 Å². The van der Waals surface area contributed by atoms with Gasteiger partial charge in [0.15, 0.2) is 0 Å². The molecule has 0 heterocycles. The quantitative estimate of drug-likeness (QED) is 0.888. The van der Waals surface area contributed by atoms with E-state index < -0.39 is 6.67 Å². The summed E-state index contributed by atoms with van der Waals surface area (Å²) in [6.45, 7) is 1.42. The van der Waals surface area contributed by atoms with Crippen LogP contribution in [0, 0.1) is 6.92 Å². The summed E-state index contributed by atoms with van der Waals surface area (Å²) in [5.41, 5.74) is 1.54. The maximum atomic E-state index is 11.8. The zero-order valence-corrected chi connectivity index (χ0v) is 9.40. The van der Waals surface area contributed by atoms with Crippen LogP contribution in [-0.2, 0) is 0 Å². The molecule has 0 fully saturated rings. The molecule has 0 atom stereocenters. The Bertz CT molecular complexity index is 341. The molecule has 0 unspecified atom stereocenters. The van der Waals surface area contributed by atoms with Crippen molar-refractivity contribution in [1.29, 1.82) is 0 Å². The summed E-state index contributed by atoms with van der Waals surface area (Å²) in [7, 11) is 0. The molecule has 0 aliphatic heterocycles. The lowest BCUT2D eigenvalue weighted by molar-refractivity contribution is 0.0950. The van der Waals surface area contributed by atoms with E-state index in [4.69, 9.17) is 0 Å². The van der Waals surface area contributed by atoms with Gasteiger partial charge in [-0.15, -0.1) is 0 Å². The van der Waals surface area contributed by atoms with E-state index in [0.717, 1.165) is 10.0 Å². The highest BCUT2D eigenvalue weighted by Gasteiger charge is 2.05. The summed E-state index contributed by atoms with van der Waals surface area (Å²) in [4.78, 5) is 11.4. The minimum absolute atomic E-state index is 0.0634. The molecule has 0 aromatic heterocycles. The largest absolute Gasteiger partial charge is 0.349 e. The van der Waals surface area contributed by atoms with E-state index in [1.807, 2.05) is 6.92 Å². The van der Waals surface area contributed by atoms with Crippen LogP contribution >= 0.6 is 15.9 Å². The number of benzene rings is 1. The number of aryl methyl sites for hydroxylation is 1. The number of alkyl halides is 1. The maximum absolute atomic E-state index is 11.8. The van der Waals surface area contributed by atoms with Crippen molar-refractivity contribution in [3.63, 3.8) is 0 Å². The zero-order valence-electron chi connectivity index (χ0n) is 7.81. The van der Waals surface area contributed by atoms with E-state index >= 15 is 0 Å². The van der Waals surface area contributed by atoms with Gasteiger partial charge in [0.1, 0.15) is 6.67 Å². The van der Waals surface area contributed by atoms with Crippen LogP contribution in [0.1, 0.15) is 15.9 Å². The second-order valence-electron chi connectivity index (χ2n) is 2.91. The van der Waals surface area contributed by atoms with Gasteiger partial charge in [0.2, 0.25) is 0 Å². The second-order valence-corrected chi connectivity index (χ2v) is 3.76. The van der Waals surface area contributed by atoms with Crippen molar-refractivity contribution in [1.82, 2.24) is 5.32 Å². The Kier molecular flexibility index (Phi) is 4.07. The molecule has 2 nitrogen and oxygen atoms in total. The molecule has 0 aliphatic rings. The molecule has 0 bridgehead atoms. The van der Waals surface area contributed by atoms with Gasteiger partial charge < -0.3 is 5.32 Å². The number of hydrogen-bond acceptors (Lipinski definition) is 1. The lowest BCUT2D eigenvalue weighted by atomic mass is 10.1. The monoisotopic (exact) mass is 259 g/mol. The van der Waals surface area contributed by atoms with Gasteiger partial charge in [-0.25, -0.2) is 4.39 Å². The molecule has 1 amide bonds. The van der Waals surface area contributed by atoms with Gasteiger partial charge in [-0.2, -0.15) is 0 Å². The van der Waals surface area contributed by atoms with Crippen molar-refractivity contribution in [3.8, 4) is 0 Å². The fourth-order valence-corrected chi connectivity index (χ4v) is 1.30. The van der Waals surface area contributed by atoms with Crippen molar-refractivity contribution in [2.45, 2.75) is 6.92 Å². The molecule has 0 aliphatic carbocycles. The van der Waals surface area contributed by atoms with E-state index in [1.165, 1.54) is 0 Å². The van der Waals surface area contributed by atoms with E-state index in [9.17, 15) is 9.18 Å². The molecule has 4 heteroatoms. The van der Waals surface area contributed by atoms with Crippen LogP contribution in [0.25, 0.3) is 0 Å². The van der Waals surface area contributed by atoms with Gasteiger partial charge in [-0.1, -0.05) is 15.9 Å². The first-order chi connectivity index (χ1) is 6.65. The fourth-order valence-electron chi connectivity index (χ4n) is 1.05. The van der Waals surface area contributed by atoms with Gasteiger partial charge in [0.25, 0.3) is 5.91 Å². The minimum atomic E-state index is -0.540. The second kappa shape index (κ2) is 5.10. The minimum Gasteiger partial charge on any atom is -0.349 e. The van der Waals surface area contributed by atoms with Crippen molar-refractivity contribution in [2.24, 2.45) is 0 Å². The molecular formula is C10H11BrFNO. The lowest BCUT2D eigenvalue weighted by Crippen LogP contribution is -2.25. The van der Waals surface area contributed by atoms with Gasteiger partial charge in [-0.05, 0) is 30.7 Å². The molecule has 1 rings (SSSR count). The molecule has 1 N–H and O–H groups in total. The Morgan fingerprint density at radius 1 is 1.57 bits per heavy atom. The molecule has 1 aromatic rings. The Morgan fingerprint density at radius 2 is 2.29 bits per heavy atom. The highest BCUT2D eigenvalue weighted by molar-refractivity contribution is 9.10. The molecular weight excluding hydrogens is 249 g/mol. The average Bonchev–Trinajstić information content (AvgIpc) is 2.18. The molecule has 0 saturated heterocycles. The summed E-state index contributed by atoms with van der Waals surface area (Å²) in [5, 5.41) is 2.47. The van der Waals surface area contributed by atoms with Gasteiger partial charge >= 0.3 is 0 Å². The van der Waals surface area contributed by atoms with E-state index in [0.29, 0.717) is 5.56 Å². The molecule has 14 heavy (non-hydrogen) atoms. The van der Waals surface area contributed by atoms with Crippen molar-refractivity contribution in [2.75, 3.05) is 13.2 Å². The van der Waals surface area contributed by atoms with E-state index in [2.05, 4.69) is 21.2 Å². The van der Waals surface area contributed by atoms with Crippen molar-refractivity contribution >= 4 is 21.8 Å². The molecule has 0 saturated carbocycles. The van der Waals surface area contributed by atoms with Crippen LogP contribution in [0.2, 0.25) is 0 Å². The summed E-state index contributed by atoms with van der Waals surface area (Å²) < 4.78 is 12.7. The Labute approximate surface area is 90.6 Å². The number of rotatable bonds is 3. The number of hydrogen-bond donors (Lipinski definition) is 1. The Morgan fingerprint density at radius 3 is 2.86 bits per heavy atom. The van der Waals surface area contributed by atoms with Crippen LogP contribution in [0.3, 0.4) is 0 Å². The number of nitrogens with one attached hydrogen (secondary N) is 1. The van der Waals surface area contributed by atoms with Crippen LogP contribution < -0.4 is 5.32 Å². The average molecular weight is 260 g/mol. The molecule has 0 spiro atoms. The number of carbonyl (C=O) groups is 1. The third-order valence-electron chi connectivity index (χ3n) is 1.80. The van der Waals surface area contributed by atoms with Crippen molar-refractivity contribution in [3.05, 3.63) is 33.8 Å². The lowest BCUT2D eigenvalue weighted by Gasteiger charge is -2.04. The SMILES string of the molecule is Cc1cc(C(=O)NCCF)ccc1Br. The predicted molar refractivity (Wildman–Crippen MR) is 57.2 cm³/mol. The first kappa shape index (κ1) is 11.2. The number of carbonyl (C=O) groups excluding carboxylic acids is 1. The van der Waals surface area contributed by atoms with E-state index in [-0.39, 0.29) is 12.5 Å². The standard InChI is InChI=1S/C10H11BrFNO/c1-7-6-8(2-3-9(7)11)10(14)13-5-4-12/h2-3,6H,4-5H2,1H3,(H,13,14). The van der Waals surface area contributed by atoms with Crippen LogP contribution in [-0.4, -0.2) is 19.1 Å². The van der Waals surface area contributed by atoms with Crippen LogP contribution in [0.4, 0.5) is 4.39 Å². The zero-order chi connectivity index (χ0) is 10.6. The van der Waals surface area contributed by atoms with Gasteiger partial charge in [-0.3, -0.25) is 4.79 Å². The summed E-state index contributed by atoms with van der Waals surface area (Å²) in [5.74, 6) is -0.238. The molecule has 1 aromatic carbocycles. The maximum Gasteiger partial charge on any atom is 0.251 e. The van der Waals surface area contributed by atoms with E-state index in [1.54, 1.807) is 18.2 Å². The predicted octanol–water partition coefficient (Wildman–Crippen LogP) is 2.46. The molecule has 76 valence electrons. The normalized spacial score (nSPS) is 9.93. The first-order valence-electron chi connectivity index (χ1n) is 4.25. The Hall–Kier alpha value is -0.900. The highest BCUT2D eigenvalue weighted by atomic mass is 79.9. The van der Waals surface area contributed by atoms with Gasteiger partial charge in [0.05, 0.1) is 0 Å². The van der Waals surface area contributed by atoms with Crippen molar-refractivity contribution < 1.29 is 9.18 Å². The first-order valence-corrected chi connectivity index (χ1v) is 5.04. The molecule has 0 radical (unpaired) electrons. The van der Waals surface area contributed by atoms with Crippen LogP contribution in [0.15, 0.2) is 22.7 Å². The number of amides is 1. The number of halogens is 2.